The van der Waals surface area contributed by atoms with Crippen molar-refractivity contribution >= 4 is 57.2 Å². The van der Waals surface area contributed by atoms with Crippen LogP contribution in [-0.2, 0) is 0 Å². The largest absolute Gasteiger partial charge is 0.338 e. The zero-order chi connectivity index (χ0) is 14.1. The fourth-order valence-corrected chi connectivity index (χ4v) is 2.38. The van der Waals surface area contributed by atoms with Crippen molar-refractivity contribution in [2.75, 3.05) is 5.32 Å². The van der Waals surface area contributed by atoms with Crippen LogP contribution in [0.15, 0.2) is 42.5 Å². The van der Waals surface area contributed by atoms with Crippen molar-refractivity contribution in [2.24, 2.45) is 0 Å². The zero-order valence-electron chi connectivity index (χ0n) is 10.1. The summed E-state index contributed by atoms with van der Waals surface area (Å²) < 4.78 is 0. The normalized spacial score (nSPS) is 10.8. The molecule has 1 heterocycles. The monoisotopic (exact) mass is 323 g/mol. The number of anilines is 2. The molecule has 0 fully saturated rings. The van der Waals surface area contributed by atoms with Crippen molar-refractivity contribution in [3.8, 4) is 0 Å². The van der Waals surface area contributed by atoms with Crippen LogP contribution >= 0.6 is 34.8 Å². The molecule has 0 radical (unpaired) electrons. The number of hydrogen-bond donors (Lipinski definition) is 1. The van der Waals surface area contributed by atoms with Crippen molar-refractivity contribution in [3.05, 3.63) is 57.8 Å². The van der Waals surface area contributed by atoms with Gasteiger partial charge in [0.1, 0.15) is 5.82 Å². The average Bonchev–Trinajstić information content (AvgIpc) is 2.43. The average molecular weight is 325 g/mol. The Bertz CT molecular complexity index is 790. The Labute approximate surface area is 130 Å². The molecule has 0 aliphatic carbocycles. The molecule has 1 N–H and O–H groups in total. The second-order valence-corrected chi connectivity index (χ2v) is 5.29. The Balaban J connectivity index is 2.13. The van der Waals surface area contributed by atoms with Gasteiger partial charge in [0.2, 0.25) is 5.28 Å². The lowest BCUT2D eigenvalue weighted by molar-refractivity contribution is 1.22. The molecule has 3 rings (SSSR count). The van der Waals surface area contributed by atoms with Gasteiger partial charge in [-0.3, -0.25) is 0 Å². The summed E-state index contributed by atoms with van der Waals surface area (Å²) in [5.74, 6) is 0.588. The van der Waals surface area contributed by atoms with E-state index in [4.69, 9.17) is 34.8 Å². The Morgan fingerprint density at radius 3 is 2.55 bits per heavy atom. The van der Waals surface area contributed by atoms with E-state index in [0.29, 0.717) is 21.6 Å². The molecule has 1 aromatic heterocycles. The molecule has 0 atom stereocenters. The van der Waals surface area contributed by atoms with Crippen molar-refractivity contribution < 1.29 is 0 Å². The lowest BCUT2D eigenvalue weighted by atomic mass is 10.2. The molecule has 3 nitrogen and oxygen atoms in total. The summed E-state index contributed by atoms with van der Waals surface area (Å²) in [6.45, 7) is 0. The minimum atomic E-state index is 0.171. The number of nitrogens with zero attached hydrogens (tertiary/aromatic N) is 2. The highest BCUT2D eigenvalue weighted by Crippen LogP contribution is 2.30. The fourth-order valence-electron chi connectivity index (χ4n) is 1.86. The summed E-state index contributed by atoms with van der Waals surface area (Å²) in [7, 11) is 0. The highest BCUT2D eigenvalue weighted by atomic mass is 35.5. The molecule has 3 aromatic rings. The van der Waals surface area contributed by atoms with Gasteiger partial charge in [0.25, 0.3) is 0 Å². The predicted molar refractivity (Wildman–Crippen MR) is 84.3 cm³/mol. The van der Waals surface area contributed by atoms with E-state index in [2.05, 4.69) is 15.3 Å². The number of fused-ring (bicyclic) bond motifs is 1. The van der Waals surface area contributed by atoms with Crippen molar-refractivity contribution in [2.45, 2.75) is 0 Å². The van der Waals surface area contributed by atoms with Gasteiger partial charge < -0.3 is 5.32 Å². The number of halogens is 3. The first-order chi connectivity index (χ1) is 9.63. The van der Waals surface area contributed by atoms with Gasteiger partial charge in [-0.05, 0) is 41.9 Å². The van der Waals surface area contributed by atoms with Crippen molar-refractivity contribution in [3.63, 3.8) is 0 Å². The third kappa shape index (κ3) is 2.66. The van der Waals surface area contributed by atoms with E-state index in [1.807, 2.05) is 24.3 Å². The third-order valence-electron chi connectivity index (χ3n) is 2.76. The molecule has 0 saturated carbocycles. The zero-order valence-corrected chi connectivity index (χ0v) is 12.3. The molecule has 0 aliphatic heterocycles. The van der Waals surface area contributed by atoms with Gasteiger partial charge >= 0.3 is 0 Å². The summed E-state index contributed by atoms with van der Waals surface area (Å²) in [5, 5.41) is 5.30. The van der Waals surface area contributed by atoms with Gasteiger partial charge in [0, 0.05) is 10.4 Å². The van der Waals surface area contributed by atoms with Crippen LogP contribution in [0.3, 0.4) is 0 Å². The van der Waals surface area contributed by atoms with Crippen molar-refractivity contribution in [1.82, 2.24) is 9.97 Å². The minimum Gasteiger partial charge on any atom is -0.338 e. The molecule has 20 heavy (non-hydrogen) atoms. The standard InChI is InChI=1S/C14H8Cl3N3/c15-8-5-6-10(16)12(7-8)18-13-9-3-1-2-4-11(9)19-14(17)20-13/h1-7H,(H,18,19,20). The molecular formula is C14H8Cl3N3. The first-order valence-corrected chi connectivity index (χ1v) is 6.91. The number of para-hydroxylation sites is 1. The summed E-state index contributed by atoms with van der Waals surface area (Å²) in [4.78, 5) is 8.38. The summed E-state index contributed by atoms with van der Waals surface area (Å²) in [6.07, 6.45) is 0. The predicted octanol–water partition coefficient (Wildman–Crippen LogP) is 5.33. The van der Waals surface area contributed by atoms with E-state index >= 15 is 0 Å². The maximum absolute atomic E-state index is 6.14. The second kappa shape index (κ2) is 5.44. The first-order valence-electron chi connectivity index (χ1n) is 5.78. The van der Waals surface area contributed by atoms with Crippen LogP contribution < -0.4 is 5.32 Å². The molecule has 0 amide bonds. The van der Waals surface area contributed by atoms with Gasteiger partial charge in [0.15, 0.2) is 0 Å². The van der Waals surface area contributed by atoms with Crippen LogP contribution in [0.5, 0.6) is 0 Å². The van der Waals surface area contributed by atoms with Gasteiger partial charge in [-0.15, -0.1) is 0 Å². The number of benzene rings is 2. The molecule has 0 spiro atoms. The van der Waals surface area contributed by atoms with E-state index in [1.54, 1.807) is 18.2 Å². The van der Waals surface area contributed by atoms with E-state index in [9.17, 15) is 0 Å². The Hall–Kier alpha value is -1.55. The van der Waals surface area contributed by atoms with E-state index < -0.39 is 0 Å². The third-order valence-corrected chi connectivity index (χ3v) is 3.49. The maximum atomic E-state index is 6.14. The van der Waals surface area contributed by atoms with Crippen LogP contribution in [0.25, 0.3) is 10.9 Å². The summed E-state index contributed by atoms with van der Waals surface area (Å²) in [5.41, 5.74) is 1.42. The Kier molecular flexibility index (Phi) is 3.66. The number of hydrogen-bond acceptors (Lipinski definition) is 3. The highest BCUT2D eigenvalue weighted by molar-refractivity contribution is 6.35. The Morgan fingerprint density at radius 1 is 0.900 bits per heavy atom. The van der Waals surface area contributed by atoms with E-state index in [0.717, 1.165) is 10.9 Å². The Morgan fingerprint density at radius 2 is 1.70 bits per heavy atom. The number of aromatic nitrogens is 2. The van der Waals surface area contributed by atoms with Gasteiger partial charge in [-0.25, -0.2) is 4.98 Å². The summed E-state index contributed by atoms with van der Waals surface area (Å²) >= 11 is 18.1. The van der Waals surface area contributed by atoms with Crippen LogP contribution in [-0.4, -0.2) is 9.97 Å². The van der Waals surface area contributed by atoms with Crippen LogP contribution in [0.1, 0.15) is 0 Å². The van der Waals surface area contributed by atoms with Gasteiger partial charge in [0.05, 0.1) is 16.2 Å². The SMILES string of the molecule is Clc1ccc(Cl)c(Nc2nc(Cl)nc3ccccc23)c1. The second-order valence-electron chi connectivity index (χ2n) is 4.11. The van der Waals surface area contributed by atoms with Crippen molar-refractivity contribution in [1.29, 1.82) is 0 Å². The lowest BCUT2D eigenvalue weighted by Gasteiger charge is -2.10. The number of rotatable bonds is 2. The molecule has 0 unspecified atom stereocenters. The molecular weight excluding hydrogens is 317 g/mol. The van der Waals surface area contributed by atoms with Crippen LogP contribution in [0.2, 0.25) is 15.3 Å². The summed E-state index contributed by atoms with van der Waals surface area (Å²) in [6, 6.07) is 12.7. The highest BCUT2D eigenvalue weighted by Gasteiger charge is 2.08. The van der Waals surface area contributed by atoms with E-state index in [-0.39, 0.29) is 5.28 Å². The molecule has 0 saturated heterocycles. The molecule has 6 heteroatoms. The van der Waals surface area contributed by atoms with Gasteiger partial charge in [-0.2, -0.15) is 4.98 Å². The number of nitrogens with one attached hydrogen (secondary N) is 1. The molecule has 0 aliphatic rings. The smallest absolute Gasteiger partial charge is 0.224 e. The van der Waals surface area contributed by atoms with Crippen LogP contribution in [0.4, 0.5) is 11.5 Å². The van der Waals surface area contributed by atoms with Gasteiger partial charge in [-0.1, -0.05) is 35.3 Å². The molecule has 100 valence electrons. The topological polar surface area (TPSA) is 37.8 Å². The van der Waals surface area contributed by atoms with Crippen LogP contribution in [0, 0.1) is 0 Å². The first kappa shape index (κ1) is 13.4. The maximum Gasteiger partial charge on any atom is 0.224 e. The lowest BCUT2D eigenvalue weighted by Crippen LogP contribution is -1.97. The molecule has 0 bridgehead atoms. The van der Waals surface area contributed by atoms with E-state index in [1.165, 1.54) is 0 Å². The quantitative estimate of drug-likeness (QED) is 0.647. The fraction of sp³-hybridized carbons (Fsp3) is 0. The molecule has 2 aromatic carbocycles. The minimum absolute atomic E-state index is 0.171.